The summed E-state index contributed by atoms with van der Waals surface area (Å²) in [6.07, 6.45) is 10.6. The summed E-state index contributed by atoms with van der Waals surface area (Å²) >= 11 is 0. The molecule has 20 heteroatoms. The molecule has 3 heterocycles. The van der Waals surface area contributed by atoms with Crippen LogP contribution in [0.3, 0.4) is 0 Å². The topological polar surface area (TPSA) is 238 Å². The van der Waals surface area contributed by atoms with Gasteiger partial charge in [-0.1, -0.05) is 30.2 Å². The van der Waals surface area contributed by atoms with Crippen molar-refractivity contribution < 1.29 is 47.9 Å². The summed E-state index contributed by atoms with van der Waals surface area (Å²) < 4.78 is 0. The van der Waals surface area contributed by atoms with Crippen LogP contribution in [0, 0.1) is 5.92 Å². The molecular weight excluding hydrogens is 877 g/mol. The number of nitrogens with one attached hydrogen (secondary N) is 4. The van der Waals surface area contributed by atoms with Crippen LogP contribution in [0.15, 0.2) is 23.3 Å². The molecule has 4 atom stereocenters. The Bertz CT molecular complexity index is 1920. The molecule has 0 aromatic heterocycles. The summed E-state index contributed by atoms with van der Waals surface area (Å²) in [6, 6.07) is -1.56. The third kappa shape index (κ3) is 15.4. The van der Waals surface area contributed by atoms with Gasteiger partial charge in [-0.2, -0.15) is 0 Å². The highest BCUT2D eigenvalue weighted by Gasteiger charge is 2.39. The first-order valence-electron chi connectivity index (χ1n) is 24.6. The highest BCUT2D eigenvalue weighted by Crippen LogP contribution is 2.32. The van der Waals surface area contributed by atoms with E-state index in [1.807, 2.05) is 19.1 Å². The van der Waals surface area contributed by atoms with E-state index in [1.165, 1.54) is 26.5 Å². The van der Waals surface area contributed by atoms with Gasteiger partial charge in [0.05, 0.1) is 51.2 Å². The highest BCUT2D eigenvalue weighted by molar-refractivity contribution is 5.95. The number of rotatable bonds is 24. The second-order valence-corrected chi connectivity index (χ2v) is 18.0. The standard InChI is InChI=1S/C48H76N10O10/c1-7-34(25-33(5)59)26-36-16-12-22-56(36)44(64)28-51-42(62)32-55(10-4)48(68)39-19-14-24-58(39)45(65)29-52-41(61)31-53(8-2)46(66)37-17-11-15-35(37)20-21-50-40(60)30-54(9-3)47(67)38-18-13-23-57(38)43(63)27-49-6/h20,26,36-39,49H,7-19,21-25,27-32H2,1-6H3,(H,50,60)(H,51,62)(H,52,61)/b34-26+,35-20+/t36-,37+,38-,39-/m0/s1. The lowest BCUT2D eigenvalue weighted by Crippen LogP contribution is -2.53. The Hall–Kier alpha value is -5.66. The molecule has 1 saturated carbocycles. The Morgan fingerprint density at radius 3 is 1.56 bits per heavy atom. The number of likely N-dealkylation sites (N-methyl/N-ethyl adjacent to an activating group) is 4. The number of hydrogen-bond acceptors (Lipinski definition) is 11. The number of likely N-dealkylation sites (tertiary alicyclic amines) is 3. The number of hydrogen-bond donors (Lipinski definition) is 4. The van der Waals surface area contributed by atoms with Crippen molar-refractivity contribution >= 4 is 58.9 Å². The van der Waals surface area contributed by atoms with Crippen molar-refractivity contribution in [1.82, 2.24) is 50.7 Å². The lowest BCUT2D eigenvalue weighted by Gasteiger charge is -2.30. The smallest absolute Gasteiger partial charge is 0.245 e. The highest BCUT2D eigenvalue weighted by atomic mass is 16.2. The Balaban J connectivity index is 1.22. The zero-order valence-corrected chi connectivity index (χ0v) is 41.2. The third-order valence-corrected chi connectivity index (χ3v) is 13.3. The molecular formula is C48H76N10O10. The fraction of sp³-hybridized carbons (Fsp3) is 0.708. The number of ketones is 1. The molecule has 0 aromatic carbocycles. The molecule has 9 amide bonds. The van der Waals surface area contributed by atoms with E-state index in [0.29, 0.717) is 77.5 Å². The van der Waals surface area contributed by atoms with E-state index in [1.54, 1.807) is 37.6 Å². The van der Waals surface area contributed by atoms with E-state index >= 15 is 0 Å². The zero-order valence-electron chi connectivity index (χ0n) is 41.2. The average molecular weight is 953 g/mol. The molecule has 3 aliphatic heterocycles. The normalized spacial score (nSPS) is 20.9. The van der Waals surface area contributed by atoms with Crippen LogP contribution in [0.4, 0.5) is 0 Å². The van der Waals surface area contributed by atoms with Gasteiger partial charge in [-0.25, -0.2) is 0 Å². The molecule has 4 fully saturated rings. The van der Waals surface area contributed by atoms with Crippen molar-refractivity contribution in [2.24, 2.45) is 5.92 Å². The Morgan fingerprint density at radius 1 is 0.588 bits per heavy atom. The Kier molecular flexibility index (Phi) is 22.1. The molecule has 3 saturated heterocycles. The van der Waals surface area contributed by atoms with Crippen molar-refractivity contribution in [2.75, 3.05) is 92.1 Å². The van der Waals surface area contributed by atoms with Crippen LogP contribution < -0.4 is 21.3 Å². The number of carbonyl (C=O) groups excluding carboxylic acids is 10. The van der Waals surface area contributed by atoms with E-state index in [0.717, 1.165) is 30.4 Å². The molecule has 0 unspecified atom stereocenters. The van der Waals surface area contributed by atoms with E-state index in [2.05, 4.69) is 21.3 Å². The predicted molar refractivity (Wildman–Crippen MR) is 253 cm³/mol. The van der Waals surface area contributed by atoms with Crippen molar-refractivity contribution in [1.29, 1.82) is 0 Å². The minimum atomic E-state index is -0.823. The number of nitrogens with zero attached hydrogens (tertiary/aromatic N) is 6. The fourth-order valence-corrected chi connectivity index (χ4v) is 9.68. The van der Waals surface area contributed by atoms with Crippen LogP contribution in [-0.4, -0.2) is 199 Å². The van der Waals surface area contributed by atoms with Gasteiger partial charge in [-0.3, -0.25) is 47.9 Å². The Morgan fingerprint density at radius 2 is 1.06 bits per heavy atom. The second-order valence-electron chi connectivity index (χ2n) is 18.0. The molecule has 0 bridgehead atoms. The summed E-state index contributed by atoms with van der Waals surface area (Å²) in [7, 11) is 1.67. The predicted octanol–water partition coefficient (Wildman–Crippen LogP) is 0.115. The van der Waals surface area contributed by atoms with Crippen LogP contribution in [0.25, 0.3) is 0 Å². The lowest BCUT2D eigenvalue weighted by atomic mass is 10.0. The van der Waals surface area contributed by atoms with Gasteiger partial charge in [0.25, 0.3) is 0 Å². The molecule has 68 heavy (non-hydrogen) atoms. The van der Waals surface area contributed by atoms with Crippen LogP contribution >= 0.6 is 0 Å². The zero-order chi connectivity index (χ0) is 49.9. The molecule has 4 rings (SSSR count). The van der Waals surface area contributed by atoms with Gasteiger partial charge in [0.2, 0.25) is 53.2 Å². The first kappa shape index (κ1) is 54.9. The number of Topliss-reactive ketones (excluding diaryl/α,β-unsaturated/α-hetero) is 1. The van der Waals surface area contributed by atoms with Crippen molar-refractivity contribution in [3.8, 4) is 0 Å². The second kappa shape index (κ2) is 27.4. The van der Waals surface area contributed by atoms with Crippen LogP contribution in [0.5, 0.6) is 0 Å². The quantitative estimate of drug-likeness (QED) is 0.0949. The van der Waals surface area contributed by atoms with Gasteiger partial charge in [-0.15, -0.1) is 0 Å². The molecule has 4 N–H and O–H groups in total. The van der Waals surface area contributed by atoms with Crippen molar-refractivity contribution in [3.05, 3.63) is 23.3 Å². The summed E-state index contributed by atoms with van der Waals surface area (Å²) in [6.45, 7) is 9.81. The number of amides is 9. The maximum absolute atomic E-state index is 13.7. The first-order valence-corrected chi connectivity index (χ1v) is 24.6. The van der Waals surface area contributed by atoms with E-state index in [-0.39, 0.29) is 100 Å². The Labute approximate surface area is 401 Å². The minimum absolute atomic E-state index is 0.0607. The average Bonchev–Trinajstić information content (AvgIpc) is 4.17. The first-order chi connectivity index (χ1) is 32.6. The van der Waals surface area contributed by atoms with Gasteiger partial charge < -0.3 is 50.7 Å². The monoisotopic (exact) mass is 953 g/mol. The van der Waals surface area contributed by atoms with Gasteiger partial charge in [-0.05, 0) is 99.0 Å². The van der Waals surface area contributed by atoms with Gasteiger partial charge in [0, 0.05) is 52.2 Å². The summed E-state index contributed by atoms with van der Waals surface area (Å²) in [4.78, 5) is 140. The lowest BCUT2D eigenvalue weighted by molar-refractivity contribution is -0.145. The van der Waals surface area contributed by atoms with Crippen molar-refractivity contribution in [2.45, 2.75) is 123 Å². The molecule has 0 aromatic rings. The SMILES string of the molecule is CC/C(=C\[C@@H]1CCCN1C(=O)CNC(=O)CN(CC)C(=O)[C@@H]1CCCN1C(=O)CNC(=O)CN(CC)C(=O)[C@@H]1CCC/C1=C\CNC(=O)CN(CC)C(=O)[C@@H]1CCCN1C(=O)CNC)CC(C)=O. The van der Waals surface area contributed by atoms with Crippen LogP contribution in [0.2, 0.25) is 0 Å². The van der Waals surface area contributed by atoms with E-state index in [9.17, 15) is 47.9 Å². The molecule has 0 radical (unpaired) electrons. The number of allylic oxidation sites excluding steroid dienone is 1. The summed E-state index contributed by atoms with van der Waals surface area (Å²) in [5.74, 6) is -3.58. The van der Waals surface area contributed by atoms with Crippen molar-refractivity contribution in [3.63, 3.8) is 0 Å². The maximum atomic E-state index is 13.7. The largest absolute Gasteiger partial charge is 0.351 e. The molecule has 378 valence electrons. The maximum Gasteiger partial charge on any atom is 0.245 e. The molecule has 1 aliphatic carbocycles. The van der Waals surface area contributed by atoms with Crippen LogP contribution in [-0.2, 0) is 47.9 Å². The van der Waals surface area contributed by atoms with E-state index in [4.69, 9.17) is 0 Å². The molecule has 0 spiro atoms. The molecule has 4 aliphatic rings. The third-order valence-electron chi connectivity index (χ3n) is 13.3. The number of carbonyl (C=O) groups is 10. The minimum Gasteiger partial charge on any atom is -0.351 e. The van der Waals surface area contributed by atoms with Gasteiger partial charge in [0.1, 0.15) is 17.9 Å². The summed E-state index contributed by atoms with van der Waals surface area (Å²) in [5.41, 5.74) is 1.83. The molecule has 20 nitrogen and oxygen atoms in total. The fourth-order valence-electron chi connectivity index (χ4n) is 9.68. The van der Waals surface area contributed by atoms with Crippen LogP contribution in [0.1, 0.15) is 105 Å². The van der Waals surface area contributed by atoms with Gasteiger partial charge >= 0.3 is 0 Å². The van der Waals surface area contributed by atoms with E-state index < -0.39 is 41.6 Å². The summed E-state index contributed by atoms with van der Waals surface area (Å²) in [5, 5.41) is 10.9. The van der Waals surface area contributed by atoms with Gasteiger partial charge in [0.15, 0.2) is 0 Å².